The highest BCUT2D eigenvalue weighted by atomic mass is 16.5. The zero-order chi connectivity index (χ0) is 16.8. The van der Waals surface area contributed by atoms with E-state index in [2.05, 4.69) is 23.1 Å². The fourth-order valence-corrected chi connectivity index (χ4v) is 5.78. The number of methoxy groups -OCH3 is 1. The van der Waals surface area contributed by atoms with E-state index in [1.165, 1.54) is 17.5 Å². The Morgan fingerprint density at radius 1 is 1.40 bits per heavy atom. The number of benzene rings is 1. The summed E-state index contributed by atoms with van der Waals surface area (Å²) in [6.07, 6.45) is 9.08. The molecule has 1 aromatic carbocycles. The van der Waals surface area contributed by atoms with Gasteiger partial charge < -0.3 is 9.47 Å². The first-order valence-electron chi connectivity index (χ1n) is 9.23. The smallest absolute Gasteiger partial charge is 0.196 e. The molecule has 0 saturated carbocycles. The number of rotatable bonds is 3. The monoisotopic (exact) mass is 335 g/mol. The molecule has 0 amide bonds. The van der Waals surface area contributed by atoms with Gasteiger partial charge in [-0.1, -0.05) is 23.8 Å². The predicted octanol–water partition coefficient (Wildman–Crippen LogP) is 2.41. The van der Waals surface area contributed by atoms with Gasteiger partial charge in [0.1, 0.15) is 0 Å². The second-order valence-electron chi connectivity index (χ2n) is 8.02. The van der Waals surface area contributed by atoms with Crippen LogP contribution in [0.1, 0.15) is 24.0 Å². The molecule has 0 aromatic heterocycles. The summed E-state index contributed by atoms with van der Waals surface area (Å²) in [6.45, 7) is 2.12. The normalized spacial score (nSPS) is 36.6. The number of ether oxygens (including phenoxy) is 2. The van der Waals surface area contributed by atoms with Gasteiger partial charge in [0.2, 0.25) is 0 Å². The van der Waals surface area contributed by atoms with E-state index in [9.17, 15) is 4.79 Å². The van der Waals surface area contributed by atoms with E-state index in [0.29, 0.717) is 12.0 Å². The van der Waals surface area contributed by atoms with Gasteiger partial charge in [0, 0.05) is 24.1 Å². The molecule has 0 N–H and O–H groups in total. The Morgan fingerprint density at radius 3 is 3.08 bits per heavy atom. The summed E-state index contributed by atoms with van der Waals surface area (Å²) in [5.41, 5.74) is 3.98. The Labute approximate surface area is 147 Å². The van der Waals surface area contributed by atoms with E-state index < -0.39 is 0 Å². The lowest BCUT2D eigenvalue weighted by Gasteiger charge is -2.56. The molecule has 1 aromatic rings. The minimum Gasteiger partial charge on any atom is -0.493 e. The lowest BCUT2D eigenvalue weighted by atomic mass is 9.53. The van der Waals surface area contributed by atoms with Crippen LogP contribution in [0.5, 0.6) is 11.5 Å². The van der Waals surface area contributed by atoms with Crippen LogP contribution in [0.3, 0.4) is 0 Å². The first-order chi connectivity index (χ1) is 12.2. The van der Waals surface area contributed by atoms with Crippen molar-refractivity contribution in [2.75, 3.05) is 20.2 Å². The molecule has 1 spiro atoms. The summed E-state index contributed by atoms with van der Waals surface area (Å²) < 4.78 is 11.8. The third kappa shape index (κ3) is 1.64. The average Bonchev–Trinajstić information content (AvgIpc) is 3.36. The summed E-state index contributed by atoms with van der Waals surface area (Å²) in [5.74, 6) is 2.05. The maximum atomic E-state index is 12.7. The number of nitrogens with zero attached hydrogens (tertiary/aromatic N) is 1. The minimum absolute atomic E-state index is 0.111. The molecule has 25 heavy (non-hydrogen) atoms. The van der Waals surface area contributed by atoms with Gasteiger partial charge in [-0.2, -0.15) is 0 Å². The van der Waals surface area contributed by atoms with Crippen LogP contribution < -0.4 is 9.47 Å². The summed E-state index contributed by atoms with van der Waals surface area (Å²) >= 11 is 0. The molecule has 4 atom stereocenters. The fourth-order valence-electron chi connectivity index (χ4n) is 5.78. The number of ketones is 1. The Kier molecular flexibility index (Phi) is 2.58. The van der Waals surface area contributed by atoms with Crippen LogP contribution >= 0.6 is 0 Å². The second-order valence-corrected chi connectivity index (χ2v) is 8.02. The Bertz CT molecular complexity index is 870. The molecule has 2 bridgehead atoms. The van der Waals surface area contributed by atoms with Crippen LogP contribution in [0, 0.1) is 5.92 Å². The fraction of sp³-hybridized carbons (Fsp3) is 0.476. The first-order valence-corrected chi connectivity index (χ1v) is 9.23. The van der Waals surface area contributed by atoms with Crippen LogP contribution in [-0.2, 0) is 16.6 Å². The quantitative estimate of drug-likeness (QED) is 0.795. The van der Waals surface area contributed by atoms with E-state index in [-0.39, 0.29) is 17.3 Å². The number of allylic oxidation sites excluding steroid dienone is 1. The number of carbonyl (C=O) groups excluding carboxylic acids is 1. The third-order valence-corrected chi connectivity index (χ3v) is 6.94. The average molecular weight is 335 g/mol. The molecule has 5 aliphatic rings. The standard InChI is InChI=1S/C21H21NO3/c1-24-17-7-4-13-10-15-14-5-6-16(23)20-21(14,18(13)19(17)25-20)8-9-22(15)11-12-2-3-12/h2,4-7,14-15,20H,3,8-11H2,1H3. The van der Waals surface area contributed by atoms with Crippen LogP contribution in [0.15, 0.2) is 35.9 Å². The van der Waals surface area contributed by atoms with E-state index >= 15 is 0 Å². The molecule has 4 unspecified atom stereocenters. The topological polar surface area (TPSA) is 38.8 Å². The van der Waals surface area contributed by atoms with Crippen molar-refractivity contribution in [2.24, 2.45) is 5.92 Å². The van der Waals surface area contributed by atoms with Crippen molar-refractivity contribution in [1.82, 2.24) is 4.90 Å². The summed E-state index contributed by atoms with van der Waals surface area (Å²) in [4.78, 5) is 15.3. The molecule has 4 nitrogen and oxygen atoms in total. The summed E-state index contributed by atoms with van der Waals surface area (Å²) in [5, 5.41) is 0. The zero-order valence-corrected chi connectivity index (χ0v) is 14.3. The summed E-state index contributed by atoms with van der Waals surface area (Å²) in [7, 11) is 1.68. The van der Waals surface area contributed by atoms with Gasteiger partial charge >= 0.3 is 0 Å². The van der Waals surface area contributed by atoms with E-state index in [1.54, 1.807) is 18.8 Å². The lowest BCUT2D eigenvalue weighted by molar-refractivity contribution is -0.127. The number of hydrogen-bond acceptors (Lipinski definition) is 4. The van der Waals surface area contributed by atoms with Crippen molar-refractivity contribution in [3.8, 4) is 11.5 Å². The van der Waals surface area contributed by atoms with Gasteiger partial charge in [-0.15, -0.1) is 0 Å². The molecule has 6 rings (SSSR count). The number of carbonyl (C=O) groups is 1. The molecule has 1 saturated heterocycles. The summed E-state index contributed by atoms with van der Waals surface area (Å²) in [6, 6.07) is 4.65. The van der Waals surface area contributed by atoms with E-state index in [1.807, 2.05) is 6.07 Å². The predicted molar refractivity (Wildman–Crippen MR) is 93.1 cm³/mol. The van der Waals surface area contributed by atoms with Gasteiger partial charge in [0.15, 0.2) is 23.4 Å². The van der Waals surface area contributed by atoms with Crippen LogP contribution in [0.4, 0.5) is 0 Å². The second kappa shape index (κ2) is 4.55. The van der Waals surface area contributed by atoms with Gasteiger partial charge in [0.05, 0.1) is 12.5 Å². The molecule has 3 aliphatic carbocycles. The molecular formula is C21H21NO3. The number of likely N-dealkylation sites (tertiary alicyclic amines) is 1. The van der Waals surface area contributed by atoms with Crippen LogP contribution in [-0.4, -0.2) is 43.0 Å². The van der Waals surface area contributed by atoms with Crippen molar-refractivity contribution in [2.45, 2.75) is 36.8 Å². The van der Waals surface area contributed by atoms with Crippen LogP contribution in [0.2, 0.25) is 0 Å². The Morgan fingerprint density at radius 2 is 2.28 bits per heavy atom. The Hall–Kier alpha value is -2.07. The zero-order valence-electron chi connectivity index (χ0n) is 14.3. The maximum Gasteiger partial charge on any atom is 0.196 e. The van der Waals surface area contributed by atoms with Crippen molar-refractivity contribution < 1.29 is 14.3 Å². The van der Waals surface area contributed by atoms with Crippen LogP contribution in [0.25, 0.3) is 0 Å². The number of hydrogen-bond donors (Lipinski definition) is 0. The molecule has 4 heteroatoms. The van der Waals surface area contributed by atoms with Crippen molar-refractivity contribution >= 4 is 5.78 Å². The Balaban J connectivity index is 1.56. The van der Waals surface area contributed by atoms with Gasteiger partial charge in [-0.05, 0) is 43.5 Å². The van der Waals surface area contributed by atoms with Gasteiger partial charge in [0.25, 0.3) is 0 Å². The van der Waals surface area contributed by atoms with E-state index in [0.717, 1.165) is 37.4 Å². The number of piperidine rings is 1. The largest absolute Gasteiger partial charge is 0.493 e. The van der Waals surface area contributed by atoms with Crippen molar-refractivity contribution in [3.05, 3.63) is 47.1 Å². The molecule has 2 aliphatic heterocycles. The minimum atomic E-state index is -0.377. The van der Waals surface area contributed by atoms with Crippen molar-refractivity contribution in [1.29, 1.82) is 0 Å². The van der Waals surface area contributed by atoms with Gasteiger partial charge in [-0.3, -0.25) is 9.69 Å². The maximum absolute atomic E-state index is 12.7. The lowest BCUT2D eigenvalue weighted by Crippen LogP contribution is -2.64. The molecule has 1 fully saturated rings. The van der Waals surface area contributed by atoms with Crippen molar-refractivity contribution in [3.63, 3.8) is 0 Å². The SMILES string of the molecule is COc1ccc2c3c1OC1C(=O)C=CC4C(C2)N(CC2=CC2)CCC314. The first kappa shape index (κ1) is 14.1. The molecule has 2 heterocycles. The highest BCUT2D eigenvalue weighted by Crippen LogP contribution is 2.62. The van der Waals surface area contributed by atoms with E-state index in [4.69, 9.17) is 9.47 Å². The highest BCUT2D eigenvalue weighted by molar-refractivity contribution is 5.98. The molecule has 0 radical (unpaired) electrons. The molecule has 128 valence electrons. The van der Waals surface area contributed by atoms with Gasteiger partial charge in [-0.25, -0.2) is 0 Å². The third-order valence-electron chi connectivity index (χ3n) is 6.94. The molecular weight excluding hydrogens is 314 g/mol. The highest BCUT2D eigenvalue weighted by Gasteiger charge is 2.64.